The highest BCUT2D eigenvalue weighted by Gasteiger charge is 2.01. The lowest BCUT2D eigenvalue weighted by atomic mass is 10.2. The van der Waals surface area contributed by atoms with E-state index < -0.39 is 0 Å². The molecule has 0 aliphatic heterocycles. The van der Waals surface area contributed by atoms with E-state index in [0.717, 1.165) is 10.9 Å². The third-order valence-corrected chi connectivity index (χ3v) is 3.54. The van der Waals surface area contributed by atoms with Crippen LogP contribution in [0.15, 0.2) is 28.7 Å². The van der Waals surface area contributed by atoms with Crippen molar-refractivity contribution in [3.8, 4) is 0 Å². The molecular weight excluding hydrogens is 248 g/mol. The predicted molar refractivity (Wildman–Crippen MR) is 60.3 cm³/mol. The van der Waals surface area contributed by atoms with Gasteiger partial charge in [-0.15, -0.1) is 11.3 Å². The maximum absolute atomic E-state index is 8.80. The molecule has 0 saturated heterocycles. The first-order chi connectivity index (χ1) is 6.29. The number of hydrogen-bond donors (Lipinski definition) is 1. The smallest absolute Gasteiger partial charge is 0.0479 e. The molecule has 0 spiro atoms. The van der Waals surface area contributed by atoms with Gasteiger partial charge in [0.15, 0.2) is 0 Å². The molecule has 0 saturated carbocycles. The summed E-state index contributed by atoms with van der Waals surface area (Å²) >= 11 is 5.18. The summed E-state index contributed by atoms with van der Waals surface area (Å²) in [5.74, 6) is 0. The summed E-state index contributed by atoms with van der Waals surface area (Å²) in [6, 6.07) is 8.39. The van der Waals surface area contributed by atoms with Crippen LogP contribution in [-0.2, 0) is 6.42 Å². The van der Waals surface area contributed by atoms with Gasteiger partial charge in [0.25, 0.3) is 0 Å². The van der Waals surface area contributed by atoms with Gasteiger partial charge in [-0.05, 0) is 23.6 Å². The number of aliphatic hydroxyl groups is 1. The van der Waals surface area contributed by atoms with Crippen molar-refractivity contribution in [2.45, 2.75) is 6.42 Å². The number of fused-ring (bicyclic) bond motifs is 1. The number of hydrogen-bond acceptors (Lipinski definition) is 2. The van der Waals surface area contributed by atoms with Crippen LogP contribution in [0, 0.1) is 0 Å². The molecule has 1 aromatic heterocycles. The van der Waals surface area contributed by atoms with E-state index in [-0.39, 0.29) is 6.61 Å². The Labute approximate surface area is 89.1 Å². The number of halogens is 1. The SMILES string of the molecule is OCCc1cc2ccc(Br)cc2s1. The van der Waals surface area contributed by atoms with Gasteiger partial charge in [0, 0.05) is 27.1 Å². The molecule has 1 aromatic carbocycles. The second-order valence-corrected chi connectivity index (χ2v) is 4.95. The van der Waals surface area contributed by atoms with E-state index in [1.54, 1.807) is 11.3 Å². The summed E-state index contributed by atoms with van der Waals surface area (Å²) in [5, 5.41) is 10.1. The van der Waals surface area contributed by atoms with Crippen LogP contribution in [0.3, 0.4) is 0 Å². The summed E-state index contributed by atoms with van der Waals surface area (Å²) < 4.78 is 2.38. The molecule has 3 heteroatoms. The Morgan fingerprint density at radius 1 is 1.31 bits per heavy atom. The first-order valence-electron chi connectivity index (χ1n) is 4.08. The van der Waals surface area contributed by atoms with E-state index >= 15 is 0 Å². The average molecular weight is 257 g/mol. The lowest BCUT2D eigenvalue weighted by Crippen LogP contribution is -1.84. The molecule has 0 atom stereocenters. The standard InChI is InChI=1S/C10H9BrOS/c11-8-2-1-7-5-9(3-4-12)13-10(7)6-8/h1-2,5-6,12H,3-4H2. The predicted octanol–water partition coefficient (Wildman–Crippen LogP) is 3.20. The minimum absolute atomic E-state index is 0.230. The third-order valence-electron chi connectivity index (χ3n) is 1.89. The topological polar surface area (TPSA) is 20.2 Å². The Morgan fingerprint density at radius 3 is 2.92 bits per heavy atom. The molecule has 2 rings (SSSR count). The zero-order valence-electron chi connectivity index (χ0n) is 6.96. The molecule has 0 unspecified atom stereocenters. The maximum atomic E-state index is 8.80. The highest BCUT2D eigenvalue weighted by atomic mass is 79.9. The average Bonchev–Trinajstić information content (AvgIpc) is 2.46. The van der Waals surface area contributed by atoms with Crippen molar-refractivity contribution in [1.29, 1.82) is 0 Å². The number of thiophene rings is 1. The van der Waals surface area contributed by atoms with Gasteiger partial charge in [-0.1, -0.05) is 22.0 Å². The van der Waals surface area contributed by atoms with E-state index in [1.807, 2.05) is 6.07 Å². The van der Waals surface area contributed by atoms with Crippen molar-refractivity contribution >= 4 is 37.4 Å². The monoisotopic (exact) mass is 256 g/mol. The highest BCUT2D eigenvalue weighted by molar-refractivity contribution is 9.10. The van der Waals surface area contributed by atoms with Crippen molar-refractivity contribution in [3.63, 3.8) is 0 Å². The van der Waals surface area contributed by atoms with Crippen LogP contribution in [0.5, 0.6) is 0 Å². The van der Waals surface area contributed by atoms with Gasteiger partial charge in [0.05, 0.1) is 0 Å². The quantitative estimate of drug-likeness (QED) is 0.875. The van der Waals surface area contributed by atoms with Crippen molar-refractivity contribution in [1.82, 2.24) is 0 Å². The minimum atomic E-state index is 0.230. The number of aliphatic hydroxyl groups excluding tert-OH is 1. The third kappa shape index (κ3) is 1.93. The lowest BCUT2D eigenvalue weighted by molar-refractivity contribution is 0.300. The van der Waals surface area contributed by atoms with Crippen molar-refractivity contribution in [2.24, 2.45) is 0 Å². The molecule has 0 fully saturated rings. The van der Waals surface area contributed by atoms with E-state index in [0.29, 0.717) is 0 Å². The largest absolute Gasteiger partial charge is 0.396 e. The van der Waals surface area contributed by atoms with Gasteiger partial charge in [0.2, 0.25) is 0 Å². The summed E-state index contributed by atoms with van der Waals surface area (Å²) in [7, 11) is 0. The first kappa shape index (κ1) is 9.19. The second kappa shape index (κ2) is 3.78. The normalized spacial score (nSPS) is 10.9. The molecule has 1 nitrogen and oxygen atoms in total. The summed E-state index contributed by atoms with van der Waals surface area (Å²) in [5.41, 5.74) is 0. The zero-order valence-corrected chi connectivity index (χ0v) is 9.36. The van der Waals surface area contributed by atoms with Gasteiger partial charge in [-0.25, -0.2) is 0 Å². The van der Waals surface area contributed by atoms with Gasteiger partial charge >= 0.3 is 0 Å². The lowest BCUT2D eigenvalue weighted by Gasteiger charge is -1.88. The zero-order chi connectivity index (χ0) is 9.26. The van der Waals surface area contributed by atoms with Crippen LogP contribution < -0.4 is 0 Å². The maximum Gasteiger partial charge on any atom is 0.0479 e. The van der Waals surface area contributed by atoms with Crippen molar-refractivity contribution < 1.29 is 5.11 Å². The van der Waals surface area contributed by atoms with Gasteiger partial charge in [-0.3, -0.25) is 0 Å². The minimum Gasteiger partial charge on any atom is -0.396 e. The summed E-state index contributed by atoms with van der Waals surface area (Å²) in [6.07, 6.45) is 0.761. The van der Waals surface area contributed by atoms with Gasteiger partial charge in [0.1, 0.15) is 0 Å². The Kier molecular flexibility index (Phi) is 2.67. The van der Waals surface area contributed by atoms with Gasteiger partial charge in [-0.2, -0.15) is 0 Å². The van der Waals surface area contributed by atoms with Crippen LogP contribution in [-0.4, -0.2) is 11.7 Å². The molecule has 1 heterocycles. The van der Waals surface area contributed by atoms with E-state index in [2.05, 4.69) is 34.1 Å². The van der Waals surface area contributed by atoms with E-state index in [1.165, 1.54) is 15.0 Å². The first-order valence-corrected chi connectivity index (χ1v) is 5.69. The van der Waals surface area contributed by atoms with Crippen LogP contribution in [0.2, 0.25) is 0 Å². The molecule has 2 aromatic rings. The number of rotatable bonds is 2. The molecule has 68 valence electrons. The summed E-state index contributed by atoms with van der Waals surface area (Å²) in [6.45, 7) is 0.230. The van der Waals surface area contributed by atoms with Crippen LogP contribution in [0.4, 0.5) is 0 Å². The Balaban J connectivity index is 2.49. The van der Waals surface area contributed by atoms with E-state index in [9.17, 15) is 0 Å². The molecule has 0 aliphatic carbocycles. The van der Waals surface area contributed by atoms with Crippen molar-refractivity contribution in [2.75, 3.05) is 6.61 Å². The van der Waals surface area contributed by atoms with Crippen LogP contribution >= 0.6 is 27.3 Å². The van der Waals surface area contributed by atoms with Crippen molar-refractivity contribution in [3.05, 3.63) is 33.6 Å². The van der Waals surface area contributed by atoms with Crippen LogP contribution in [0.1, 0.15) is 4.88 Å². The fourth-order valence-electron chi connectivity index (χ4n) is 1.29. The molecule has 0 amide bonds. The Hall–Kier alpha value is -0.380. The molecule has 1 N–H and O–H groups in total. The molecule has 0 bridgehead atoms. The Morgan fingerprint density at radius 2 is 2.15 bits per heavy atom. The van der Waals surface area contributed by atoms with Crippen LogP contribution in [0.25, 0.3) is 10.1 Å². The van der Waals surface area contributed by atoms with Gasteiger partial charge < -0.3 is 5.11 Å². The van der Waals surface area contributed by atoms with E-state index in [4.69, 9.17) is 5.11 Å². The fourth-order valence-corrected chi connectivity index (χ4v) is 2.90. The molecule has 0 aliphatic rings. The highest BCUT2D eigenvalue weighted by Crippen LogP contribution is 2.28. The fraction of sp³-hybridized carbons (Fsp3) is 0.200. The molecule has 13 heavy (non-hydrogen) atoms. The Bertz CT molecular complexity index is 422. The molecule has 0 radical (unpaired) electrons. The summed E-state index contributed by atoms with van der Waals surface area (Å²) in [4.78, 5) is 1.25. The molecular formula is C10H9BrOS. The second-order valence-electron chi connectivity index (χ2n) is 2.87. The number of benzene rings is 1.